The number of rotatable bonds is 3. The molecule has 82 valence electrons. The average molecular weight is 250 g/mol. The van der Waals surface area contributed by atoms with Gasteiger partial charge in [0.1, 0.15) is 5.15 Å². The van der Waals surface area contributed by atoms with Crippen molar-refractivity contribution < 1.29 is 0 Å². The summed E-state index contributed by atoms with van der Waals surface area (Å²) in [5, 5.41) is 0.599. The van der Waals surface area contributed by atoms with Crippen LogP contribution in [0.2, 0.25) is 5.15 Å². The highest BCUT2D eigenvalue weighted by molar-refractivity contribution is 7.98. The Hall–Kier alpha value is -0.990. The van der Waals surface area contributed by atoms with E-state index in [9.17, 15) is 0 Å². The largest absolute Gasteiger partial charge is 0.244 e. The number of hydrogen-bond donors (Lipinski definition) is 0. The van der Waals surface area contributed by atoms with E-state index in [1.807, 2.05) is 12.1 Å². The molecule has 0 aliphatic heterocycles. The van der Waals surface area contributed by atoms with Crippen molar-refractivity contribution in [1.82, 2.24) is 4.98 Å². The van der Waals surface area contributed by atoms with Gasteiger partial charge in [-0.2, -0.15) is 0 Å². The highest BCUT2D eigenvalue weighted by Gasteiger charge is 2.01. The summed E-state index contributed by atoms with van der Waals surface area (Å²) in [6.45, 7) is 2.09. The van der Waals surface area contributed by atoms with Crippen LogP contribution in [0.15, 0.2) is 47.5 Å². The van der Waals surface area contributed by atoms with Crippen molar-refractivity contribution in [3.05, 3.63) is 58.9 Å². The standard InChI is InChI=1S/C13H12ClNS/c1-10-4-6-12(7-5-10)16-9-11-3-2-8-15-13(11)14/h2-8H,9H2,1H3. The Morgan fingerprint density at radius 1 is 1.19 bits per heavy atom. The van der Waals surface area contributed by atoms with E-state index in [4.69, 9.17) is 11.6 Å². The van der Waals surface area contributed by atoms with E-state index >= 15 is 0 Å². The molecule has 0 spiro atoms. The van der Waals surface area contributed by atoms with Gasteiger partial charge in [0.05, 0.1) is 0 Å². The van der Waals surface area contributed by atoms with Gasteiger partial charge in [0.15, 0.2) is 0 Å². The zero-order valence-corrected chi connectivity index (χ0v) is 10.6. The first kappa shape index (κ1) is 11.5. The smallest absolute Gasteiger partial charge is 0.133 e. The molecule has 16 heavy (non-hydrogen) atoms. The van der Waals surface area contributed by atoms with Crippen molar-refractivity contribution in [2.24, 2.45) is 0 Å². The Labute approximate surface area is 105 Å². The molecular weight excluding hydrogens is 238 g/mol. The number of pyridine rings is 1. The summed E-state index contributed by atoms with van der Waals surface area (Å²) in [6, 6.07) is 12.4. The lowest BCUT2D eigenvalue weighted by Gasteiger charge is -2.03. The van der Waals surface area contributed by atoms with Crippen molar-refractivity contribution in [3.8, 4) is 0 Å². The maximum Gasteiger partial charge on any atom is 0.133 e. The summed E-state index contributed by atoms with van der Waals surface area (Å²) in [5.41, 5.74) is 2.36. The molecule has 1 nitrogen and oxygen atoms in total. The number of aryl methyl sites for hydroxylation is 1. The lowest BCUT2D eigenvalue weighted by molar-refractivity contribution is 1.25. The molecule has 3 heteroatoms. The normalized spacial score (nSPS) is 10.4. The second kappa shape index (κ2) is 5.37. The minimum absolute atomic E-state index is 0.599. The molecule has 0 aliphatic carbocycles. The van der Waals surface area contributed by atoms with Crippen LogP contribution in [0.25, 0.3) is 0 Å². The molecule has 0 aliphatic rings. The van der Waals surface area contributed by atoms with Crippen LogP contribution in [0.5, 0.6) is 0 Å². The third-order valence-corrected chi connectivity index (χ3v) is 3.65. The van der Waals surface area contributed by atoms with Gasteiger partial charge in [-0.15, -0.1) is 11.8 Å². The summed E-state index contributed by atoms with van der Waals surface area (Å²) in [4.78, 5) is 5.31. The van der Waals surface area contributed by atoms with Crippen LogP contribution in [-0.4, -0.2) is 4.98 Å². The second-order valence-electron chi connectivity index (χ2n) is 3.56. The van der Waals surface area contributed by atoms with E-state index in [0.717, 1.165) is 11.3 Å². The van der Waals surface area contributed by atoms with Crippen LogP contribution >= 0.6 is 23.4 Å². The van der Waals surface area contributed by atoms with Crippen LogP contribution in [0.4, 0.5) is 0 Å². The predicted molar refractivity (Wildman–Crippen MR) is 70.0 cm³/mol. The Morgan fingerprint density at radius 3 is 2.62 bits per heavy atom. The highest BCUT2D eigenvalue weighted by Crippen LogP contribution is 2.25. The Morgan fingerprint density at radius 2 is 1.94 bits per heavy atom. The summed E-state index contributed by atoms with van der Waals surface area (Å²) in [7, 11) is 0. The predicted octanol–water partition coefficient (Wildman–Crippen LogP) is 4.34. The molecule has 0 amide bonds. The molecule has 0 saturated carbocycles. The Balaban J connectivity index is 2.02. The number of hydrogen-bond acceptors (Lipinski definition) is 2. The van der Waals surface area contributed by atoms with E-state index in [-0.39, 0.29) is 0 Å². The van der Waals surface area contributed by atoms with Gasteiger partial charge in [-0.1, -0.05) is 35.4 Å². The molecule has 2 rings (SSSR count). The van der Waals surface area contributed by atoms with Gasteiger partial charge in [-0.25, -0.2) is 4.98 Å². The van der Waals surface area contributed by atoms with Crippen LogP contribution in [0.3, 0.4) is 0 Å². The molecular formula is C13H12ClNS. The Kier molecular flexibility index (Phi) is 3.86. The Bertz CT molecular complexity index is 468. The molecule has 0 radical (unpaired) electrons. The third-order valence-electron chi connectivity index (χ3n) is 2.25. The minimum atomic E-state index is 0.599. The number of aromatic nitrogens is 1. The molecule has 0 saturated heterocycles. The molecule has 1 aromatic carbocycles. The number of benzene rings is 1. The number of nitrogens with zero attached hydrogens (tertiary/aromatic N) is 1. The van der Waals surface area contributed by atoms with Gasteiger partial charge >= 0.3 is 0 Å². The van der Waals surface area contributed by atoms with E-state index in [1.165, 1.54) is 10.5 Å². The number of halogens is 1. The second-order valence-corrected chi connectivity index (χ2v) is 4.96. The van der Waals surface area contributed by atoms with Crippen molar-refractivity contribution in [1.29, 1.82) is 0 Å². The van der Waals surface area contributed by atoms with Crippen LogP contribution in [-0.2, 0) is 5.75 Å². The highest BCUT2D eigenvalue weighted by atomic mass is 35.5. The van der Waals surface area contributed by atoms with Gasteiger partial charge < -0.3 is 0 Å². The molecule has 2 aromatic rings. The van der Waals surface area contributed by atoms with E-state index in [1.54, 1.807) is 18.0 Å². The molecule has 0 unspecified atom stereocenters. The first-order chi connectivity index (χ1) is 7.75. The first-order valence-corrected chi connectivity index (χ1v) is 6.41. The summed E-state index contributed by atoms with van der Waals surface area (Å²) in [5.74, 6) is 0.857. The summed E-state index contributed by atoms with van der Waals surface area (Å²) < 4.78 is 0. The third kappa shape index (κ3) is 3.00. The van der Waals surface area contributed by atoms with Gasteiger partial charge in [-0.3, -0.25) is 0 Å². The van der Waals surface area contributed by atoms with E-state index in [2.05, 4.69) is 36.2 Å². The lowest BCUT2D eigenvalue weighted by Crippen LogP contribution is -1.85. The molecule has 0 N–H and O–H groups in total. The minimum Gasteiger partial charge on any atom is -0.244 e. The van der Waals surface area contributed by atoms with E-state index in [0.29, 0.717) is 5.15 Å². The lowest BCUT2D eigenvalue weighted by atomic mass is 10.2. The van der Waals surface area contributed by atoms with Crippen LogP contribution in [0.1, 0.15) is 11.1 Å². The van der Waals surface area contributed by atoms with Crippen molar-refractivity contribution >= 4 is 23.4 Å². The first-order valence-electron chi connectivity index (χ1n) is 5.04. The molecule has 0 fully saturated rings. The fraction of sp³-hybridized carbons (Fsp3) is 0.154. The zero-order chi connectivity index (χ0) is 11.4. The van der Waals surface area contributed by atoms with E-state index < -0.39 is 0 Å². The monoisotopic (exact) mass is 249 g/mol. The van der Waals surface area contributed by atoms with Crippen LogP contribution in [0, 0.1) is 6.92 Å². The fourth-order valence-electron chi connectivity index (χ4n) is 1.32. The SMILES string of the molecule is Cc1ccc(SCc2cccnc2Cl)cc1. The van der Waals surface area contributed by atoms with Gasteiger partial charge in [-0.05, 0) is 30.7 Å². The van der Waals surface area contributed by atoms with Gasteiger partial charge in [0.25, 0.3) is 0 Å². The topological polar surface area (TPSA) is 12.9 Å². The van der Waals surface area contributed by atoms with Crippen molar-refractivity contribution in [2.75, 3.05) is 0 Å². The molecule has 0 atom stereocenters. The van der Waals surface area contributed by atoms with Gasteiger partial charge in [0, 0.05) is 16.8 Å². The molecule has 1 heterocycles. The number of thioether (sulfide) groups is 1. The molecule has 0 bridgehead atoms. The zero-order valence-electron chi connectivity index (χ0n) is 8.98. The fourth-order valence-corrected chi connectivity index (χ4v) is 2.47. The summed E-state index contributed by atoms with van der Waals surface area (Å²) >= 11 is 7.76. The molecule has 1 aromatic heterocycles. The average Bonchev–Trinajstić information content (AvgIpc) is 2.30. The quantitative estimate of drug-likeness (QED) is 0.593. The van der Waals surface area contributed by atoms with Crippen molar-refractivity contribution in [2.45, 2.75) is 17.6 Å². The van der Waals surface area contributed by atoms with Crippen molar-refractivity contribution in [3.63, 3.8) is 0 Å². The van der Waals surface area contributed by atoms with Crippen LogP contribution < -0.4 is 0 Å². The van der Waals surface area contributed by atoms with Gasteiger partial charge in [0.2, 0.25) is 0 Å². The maximum absolute atomic E-state index is 5.99. The summed E-state index contributed by atoms with van der Waals surface area (Å²) in [6.07, 6.45) is 1.71. The maximum atomic E-state index is 5.99.